The number of rotatable bonds is 3. The molecule has 0 spiro atoms. The van der Waals surface area contributed by atoms with Crippen molar-refractivity contribution >= 4 is 29.1 Å². The Kier molecular flexibility index (Phi) is 4.87. The molecule has 0 fully saturated rings. The Morgan fingerprint density at radius 1 is 1.23 bits per heavy atom. The lowest BCUT2D eigenvalue weighted by molar-refractivity contribution is -0.136. The number of hydrogen-bond acceptors (Lipinski definition) is 2. The smallest absolute Gasteiger partial charge is 0.314 e. The van der Waals surface area contributed by atoms with Gasteiger partial charge in [-0.2, -0.15) is 13.2 Å². The second-order valence-electron chi connectivity index (χ2n) is 4.44. The van der Waals surface area contributed by atoms with Crippen LogP contribution in [0.5, 0.6) is 0 Å². The quantitative estimate of drug-likeness (QED) is 0.830. The molecule has 0 unspecified atom stereocenters. The Morgan fingerprint density at radius 2 is 1.95 bits per heavy atom. The van der Waals surface area contributed by atoms with Crippen LogP contribution in [-0.2, 0) is 6.18 Å². The molecule has 0 aliphatic rings. The van der Waals surface area contributed by atoms with Gasteiger partial charge in [0.2, 0.25) is 0 Å². The number of benzene rings is 1. The standard InChI is InChI=1S/C15H13F3N2OS/c1-10-7-9-22-13(10)6-8-19-14(21)20-12-5-3-2-4-11(12)15(16,17)18/h2-9H,1H3,(H2,19,20,21). The summed E-state index contributed by atoms with van der Waals surface area (Å²) < 4.78 is 38.4. The third-order valence-electron chi connectivity index (χ3n) is 2.83. The van der Waals surface area contributed by atoms with E-state index in [1.807, 2.05) is 18.4 Å². The topological polar surface area (TPSA) is 41.1 Å². The molecule has 0 atom stereocenters. The highest BCUT2D eigenvalue weighted by Gasteiger charge is 2.33. The van der Waals surface area contributed by atoms with Crippen molar-refractivity contribution in [2.75, 3.05) is 5.32 Å². The number of nitrogens with one attached hydrogen (secondary N) is 2. The van der Waals surface area contributed by atoms with Crippen LogP contribution in [0, 0.1) is 6.92 Å². The van der Waals surface area contributed by atoms with Crippen molar-refractivity contribution in [2.45, 2.75) is 13.1 Å². The predicted molar refractivity (Wildman–Crippen MR) is 81.7 cm³/mol. The summed E-state index contributed by atoms with van der Waals surface area (Å²) >= 11 is 1.50. The predicted octanol–water partition coefficient (Wildman–Crippen LogP) is 4.87. The largest absolute Gasteiger partial charge is 0.418 e. The van der Waals surface area contributed by atoms with Gasteiger partial charge in [-0.05, 0) is 42.1 Å². The Labute approximate surface area is 129 Å². The molecule has 7 heteroatoms. The molecule has 0 aliphatic heterocycles. The van der Waals surface area contributed by atoms with Crippen LogP contribution in [0.2, 0.25) is 0 Å². The molecule has 2 aromatic rings. The van der Waals surface area contributed by atoms with Gasteiger partial charge in [0.25, 0.3) is 0 Å². The number of anilines is 1. The van der Waals surface area contributed by atoms with Gasteiger partial charge in [0, 0.05) is 11.1 Å². The lowest BCUT2D eigenvalue weighted by Gasteiger charge is -2.13. The van der Waals surface area contributed by atoms with Gasteiger partial charge in [0.1, 0.15) is 0 Å². The Hall–Kier alpha value is -2.28. The zero-order valence-electron chi connectivity index (χ0n) is 11.6. The lowest BCUT2D eigenvalue weighted by Crippen LogP contribution is -2.25. The van der Waals surface area contributed by atoms with Crippen molar-refractivity contribution in [3.63, 3.8) is 0 Å². The van der Waals surface area contributed by atoms with E-state index in [0.29, 0.717) is 0 Å². The van der Waals surface area contributed by atoms with Crippen LogP contribution in [0.4, 0.5) is 23.7 Å². The summed E-state index contributed by atoms with van der Waals surface area (Å²) in [4.78, 5) is 12.6. The molecule has 2 rings (SSSR count). The van der Waals surface area contributed by atoms with Crippen LogP contribution in [0.25, 0.3) is 6.08 Å². The average molecular weight is 326 g/mol. The first-order valence-corrected chi connectivity index (χ1v) is 7.20. The minimum Gasteiger partial charge on any atom is -0.314 e. The van der Waals surface area contributed by atoms with E-state index in [2.05, 4.69) is 10.6 Å². The number of aryl methyl sites for hydroxylation is 1. The zero-order chi connectivity index (χ0) is 16.2. The van der Waals surface area contributed by atoms with Gasteiger partial charge in [-0.15, -0.1) is 11.3 Å². The zero-order valence-corrected chi connectivity index (χ0v) is 12.4. The number of urea groups is 1. The van der Waals surface area contributed by atoms with E-state index >= 15 is 0 Å². The summed E-state index contributed by atoms with van der Waals surface area (Å²) in [7, 11) is 0. The van der Waals surface area contributed by atoms with E-state index in [4.69, 9.17) is 0 Å². The first-order valence-electron chi connectivity index (χ1n) is 6.32. The van der Waals surface area contributed by atoms with Crippen molar-refractivity contribution in [2.24, 2.45) is 0 Å². The van der Waals surface area contributed by atoms with Gasteiger partial charge in [-0.3, -0.25) is 0 Å². The van der Waals surface area contributed by atoms with Gasteiger partial charge in [-0.1, -0.05) is 12.1 Å². The van der Waals surface area contributed by atoms with Crippen LogP contribution in [0.3, 0.4) is 0 Å². The first kappa shape index (κ1) is 16.1. The van der Waals surface area contributed by atoms with E-state index in [-0.39, 0.29) is 5.69 Å². The van der Waals surface area contributed by atoms with Crippen molar-refractivity contribution in [3.8, 4) is 0 Å². The third-order valence-corrected chi connectivity index (χ3v) is 3.82. The van der Waals surface area contributed by atoms with Crippen LogP contribution < -0.4 is 10.6 Å². The Bertz CT molecular complexity index is 692. The molecular weight excluding hydrogens is 313 g/mol. The summed E-state index contributed by atoms with van der Waals surface area (Å²) in [6.07, 6.45) is -1.44. The first-order chi connectivity index (χ1) is 10.4. The summed E-state index contributed by atoms with van der Waals surface area (Å²) in [5.41, 5.74) is -0.109. The minimum absolute atomic E-state index is 0.284. The van der Waals surface area contributed by atoms with Gasteiger partial charge >= 0.3 is 12.2 Å². The molecule has 0 saturated carbocycles. The van der Waals surface area contributed by atoms with Crippen LogP contribution in [-0.4, -0.2) is 6.03 Å². The molecule has 2 N–H and O–H groups in total. The van der Waals surface area contributed by atoms with Crippen molar-refractivity contribution < 1.29 is 18.0 Å². The number of para-hydroxylation sites is 1. The number of carbonyl (C=O) groups is 1. The van der Waals surface area contributed by atoms with Gasteiger partial charge in [0.05, 0.1) is 11.3 Å². The molecule has 1 heterocycles. The molecular formula is C15H13F3N2OS. The Balaban J connectivity index is 2.01. The fourth-order valence-electron chi connectivity index (χ4n) is 1.75. The molecule has 22 heavy (non-hydrogen) atoms. The molecule has 1 aromatic heterocycles. The van der Waals surface area contributed by atoms with Gasteiger partial charge < -0.3 is 10.6 Å². The monoisotopic (exact) mass is 326 g/mol. The second-order valence-corrected chi connectivity index (χ2v) is 5.39. The summed E-state index contributed by atoms with van der Waals surface area (Å²) in [6, 6.07) is 6.02. The molecule has 116 valence electrons. The van der Waals surface area contributed by atoms with Gasteiger partial charge in [-0.25, -0.2) is 4.79 Å². The number of amides is 2. The minimum atomic E-state index is -4.52. The fourth-order valence-corrected chi connectivity index (χ4v) is 2.57. The maximum Gasteiger partial charge on any atom is 0.418 e. The molecule has 0 radical (unpaired) electrons. The molecule has 1 aromatic carbocycles. The van der Waals surface area contributed by atoms with Crippen LogP contribution in [0.1, 0.15) is 16.0 Å². The molecule has 2 amide bonds. The molecule has 3 nitrogen and oxygen atoms in total. The molecule has 0 aliphatic carbocycles. The lowest BCUT2D eigenvalue weighted by atomic mass is 10.1. The van der Waals surface area contributed by atoms with Crippen LogP contribution >= 0.6 is 11.3 Å². The Morgan fingerprint density at radius 3 is 2.59 bits per heavy atom. The van der Waals surface area contributed by atoms with Gasteiger partial charge in [0.15, 0.2) is 0 Å². The average Bonchev–Trinajstić information content (AvgIpc) is 2.84. The highest BCUT2D eigenvalue weighted by atomic mass is 32.1. The highest BCUT2D eigenvalue weighted by molar-refractivity contribution is 7.11. The van der Waals surface area contributed by atoms with E-state index in [9.17, 15) is 18.0 Å². The number of alkyl halides is 3. The number of carbonyl (C=O) groups excluding carboxylic acids is 1. The summed E-state index contributed by atoms with van der Waals surface area (Å²) in [5.74, 6) is 0. The van der Waals surface area contributed by atoms with E-state index < -0.39 is 17.8 Å². The SMILES string of the molecule is Cc1ccsc1C=CNC(=O)Nc1ccccc1C(F)(F)F. The number of thiophene rings is 1. The van der Waals surface area contributed by atoms with Crippen LogP contribution in [0.15, 0.2) is 41.9 Å². The third kappa shape index (κ3) is 4.11. The van der Waals surface area contributed by atoms with Crippen molar-refractivity contribution in [3.05, 3.63) is 57.9 Å². The summed E-state index contributed by atoms with van der Waals surface area (Å²) in [5, 5.41) is 6.49. The summed E-state index contributed by atoms with van der Waals surface area (Å²) in [6.45, 7) is 1.93. The van der Waals surface area contributed by atoms with E-state index in [1.54, 1.807) is 6.08 Å². The maximum absolute atomic E-state index is 12.8. The number of halogens is 3. The van der Waals surface area contributed by atoms with Crippen molar-refractivity contribution in [1.29, 1.82) is 0 Å². The maximum atomic E-state index is 12.8. The highest BCUT2D eigenvalue weighted by Crippen LogP contribution is 2.34. The molecule has 0 saturated heterocycles. The fraction of sp³-hybridized carbons (Fsp3) is 0.133. The normalized spacial score (nSPS) is 11.6. The molecule has 0 bridgehead atoms. The van der Waals surface area contributed by atoms with Crippen molar-refractivity contribution in [1.82, 2.24) is 5.32 Å². The number of hydrogen-bond donors (Lipinski definition) is 2. The van der Waals surface area contributed by atoms with E-state index in [1.165, 1.54) is 35.7 Å². The second kappa shape index (κ2) is 6.65. The van der Waals surface area contributed by atoms with E-state index in [0.717, 1.165) is 16.5 Å².